The molecular weight excluding hydrogens is 510 g/mol. The summed E-state index contributed by atoms with van der Waals surface area (Å²) in [6, 6.07) is 17.6. The summed E-state index contributed by atoms with van der Waals surface area (Å²) in [5.74, 6) is -1.75. The third kappa shape index (κ3) is 8.28. The minimum atomic E-state index is -1.07. The molecule has 0 aliphatic carbocycles. The molecule has 0 heterocycles. The molecule has 0 aromatic heterocycles. The quantitative estimate of drug-likeness (QED) is 0.179. The molecule has 0 saturated carbocycles. The molecule has 3 aromatic rings. The summed E-state index contributed by atoms with van der Waals surface area (Å²) in [6.45, 7) is 4.26. The van der Waals surface area contributed by atoms with E-state index >= 15 is 0 Å². The summed E-state index contributed by atoms with van der Waals surface area (Å²) in [6.07, 6.45) is 0.409. The Kier molecular flexibility index (Phi) is 10.6. The van der Waals surface area contributed by atoms with Crippen molar-refractivity contribution in [2.75, 3.05) is 13.1 Å². The van der Waals surface area contributed by atoms with Crippen LogP contribution in [0.1, 0.15) is 56.2 Å². The highest BCUT2D eigenvalue weighted by Crippen LogP contribution is 2.34. The lowest BCUT2D eigenvalue weighted by molar-refractivity contribution is -0.138. The minimum absolute atomic E-state index is 0.284. The smallest absolute Gasteiger partial charge is 0.312 e. The van der Waals surface area contributed by atoms with E-state index in [1.165, 1.54) is 10.9 Å². The van der Waals surface area contributed by atoms with Gasteiger partial charge >= 0.3 is 12.0 Å². The van der Waals surface area contributed by atoms with Crippen molar-refractivity contribution in [2.45, 2.75) is 51.1 Å². The number of fused-ring (bicyclic) bond motifs is 1. The molecule has 3 aromatic carbocycles. The van der Waals surface area contributed by atoms with Gasteiger partial charge in [0.2, 0.25) is 11.8 Å². The number of carbonyl (C=O) groups is 4. The molecule has 0 fully saturated rings. The van der Waals surface area contributed by atoms with Crippen LogP contribution in [0.15, 0.2) is 60.7 Å². The largest absolute Gasteiger partial charge is 0.481 e. The van der Waals surface area contributed by atoms with Gasteiger partial charge in [0.15, 0.2) is 0 Å². The molecule has 3 rings (SSSR count). The number of hydrogen-bond acceptors (Lipinski definition) is 5. The number of nitrogens with one attached hydrogen (secondary N) is 3. The maximum Gasteiger partial charge on any atom is 0.312 e. The zero-order chi connectivity index (χ0) is 29.2. The zero-order valence-corrected chi connectivity index (χ0v) is 22.8. The first-order valence-corrected chi connectivity index (χ1v) is 13.3. The number of rotatable bonds is 13. The second-order valence-electron chi connectivity index (χ2n) is 10.0. The van der Waals surface area contributed by atoms with Gasteiger partial charge in [0.05, 0.1) is 25.0 Å². The number of urea groups is 1. The second-order valence-corrected chi connectivity index (χ2v) is 10.0. The molecule has 10 nitrogen and oxygen atoms in total. The van der Waals surface area contributed by atoms with Gasteiger partial charge in [0, 0.05) is 6.54 Å². The number of carbonyl (C=O) groups excluding carboxylic acids is 3. The first-order valence-electron chi connectivity index (χ1n) is 13.3. The first kappa shape index (κ1) is 30.1. The van der Waals surface area contributed by atoms with Crippen molar-refractivity contribution in [1.82, 2.24) is 16.0 Å². The zero-order valence-electron chi connectivity index (χ0n) is 22.8. The van der Waals surface area contributed by atoms with Crippen LogP contribution >= 0.6 is 0 Å². The Balaban J connectivity index is 1.67. The molecule has 8 N–H and O–H groups in total. The normalized spacial score (nSPS) is 12.5. The van der Waals surface area contributed by atoms with E-state index in [1.54, 1.807) is 0 Å². The number of amides is 4. The predicted molar refractivity (Wildman–Crippen MR) is 154 cm³/mol. The van der Waals surface area contributed by atoms with Crippen LogP contribution < -0.4 is 27.4 Å². The monoisotopic (exact) mass is 547 g/mol. The van der Waals surface area contributed by atoms with E-state index in [0.717, 1.165) is 16.5 Å². The van der Waals surface area contributed by atoms with Crippen LogP contribution in [0.2, 0.25) is 0 Å². The number of nitrogens with two attached hydrogens (primary N) is 2. The van der Waals surface area contributed by atoms with Crippen molar-refractivity contribution in [3.05, 3.63) is 71.8 Å². The Morgan fingerprint density at radius 3 is 2.20 bits per heavy atom. The predicted octanol–water partition coefficient (Wildman–Crippen LogP) is 3.15. The molecule has 0 aliphatic rings. The van der Waals surface area contributed by atoms with Gasteiger partial charge in [-0.1, -0.05) is 74.5 Å². The Bertz CT molecular complexity index is 1360. The fourth-order valence-corrected chi connectivity index (χ4v) is 4.61. The minimum Gasteiger partial charge on any atom is -0.481 e. The van der Waals surface area contributed by atoms with Gasteiger partial charge < -0.3 is 32.5 Å². The number of aliphatic carboxylic acids is 1. The van der Waals surface area contributed by atoms with Crippen LogP contribution in [0, 0.1) is 0 Å². The van der Waals surface area contributed by atoms with Gasteiger partial charge in [-0.25, -0.2) is 4.79 Å². The van der Waals surface area contributed by atoms with Gasteiger partial charge in [-0.3, -0.25) is 14.4 Å². The third-order valence-corrected chi connectivity index (χ3v) is 6.67. The van der Waals surface area contributed by atoms with Crippen LogP contribution in [0.3, 0.4) is 0 Å². The topological polar surface area (TPSA) is 177 Å². The Morgan fingerprint density at radius 2 is 1.57 bits per heavy atom. The van der Waals surface area contributed by atoms with E-state index in [-0.39, 0.29) is 25.9 Å². The van der Waals surface area contributed by atoms with Gasteiger partial charge in [0.1, 0.15) is 0 Å². The summed E-state index contributed by atoms with van der Waals surface area (Å²) < 4.78 is 0. The molecule has 1 unspecified atom stereocenters. The fraction of sp³-hybridized carbons (Fsp3) is 0.333. The van der Waals surface area contributed by atoms with E-state index in [2.05, 4.69) is 54.1 Å². The van der Waals surface area contributed by atoms with E-state index in [4.69, 9.17) is 11.5 Å². The van der Waals surface area contributed by atoms with E-state index in [9.17, 15) is 24.3 Å². The SMILES string of the molecule is CC(C)c1ccc(-c2ccc(C(CC(=O)O)NC(=O)CNC(=O)[C@@H](N)CCCNC(N)=O)cc2)c2ccccc12. The second kappa shape index (κ2) is 14.1. The summed E-state index contributed by atoms with van der Waals surface area (Å²) in [7, 11) is 0. The van der Waals surface area contributed by atoms with Gasteiger partial charge in [0.25, 0.3) is 0 Å². The molecule has 0 spiro atoms. The van der Waals surface area contributed by atoms with Gasteiger partial charge in [-0.2, -0.15) is 0 Å². The average Bonchev–Trinajstić information content (AvgIpc) is 2.92. The van der Waals surface area contributed by atoms with Gasteiger partial charge in [-0.05, 0) is 51.8 Å². The number of carboxylic acids is 1. The van der Waals surface area contributed by atoms with Crippen molar-refractivity contribution in [2.24, 2.45) is 11.5 Å². The standard InChI is InChI=1S/C30H37N5O5/c1-18(2)21-13-14-22(24-7-4-3-6-23(21)24)19-9-11-20(12-10-19)26(16-28(37)38)35-27(36)17-34-29(39)25(31)8-5-15-33-30(32)40/h3-4,6-7,9-14,18,25-26H,5,8,15-17,31H2,1-2H3,(H,34,39)(H,35,36)(H,37,38)(H3,32,33,40)/t25-,26?/m0/s1. The van der Waals surface area contributed by atoms with Crippen molar-refractivity contribution in [3.63, 3.8) is 0 Å². The first-order chi connectivity index (χ1) is 19.1. The lowest BCUT2D eigenvalue weighted by Gasteiger charge is -2.19. The average molecular weight is 548 g/mol. The maximum atomic E-state index is 12.6. The number of benzene rings is 3. The molecule has 40 heavy (non-hydrogen) atoms. The lowest BCUT2D eigenvalue weighted by Crippen LogP contribution is -2.45. The molecule has 0 radical (unpaired) electrons. The van der Waals surface area contributed by atoms with Crippen molar-refractivity contribution in [1.29, 1.82) is 0 Å². The lowest BCUT2D eigenvalue weighted by atomic mass is 9.90. The maximum absolute atomic E-state index is 12.6. The molecule has 0 bridgehead atoms. The van der Waals surface area contributed by atoms with E-state index in [0.29, 0.717) is 17.9 Å². The van der Waals surface area contributed by atoms with E-state index < -0.39 is 35.9 Å². The van der Waals surface area contributed by atoms with Crippen LogP contribution in [0.4, 0.5) is 4.79 Å². The van der Waals surface area contributed by atoms with Crippen LogP contribution in [0.25, 0.3) is 21.9 Å². The fourth-order valence-electron chi connectivity index (χ4n) is 4.61. The Morgan fingerprint density at radius 1 is 0.900 bits per heavy atom. The Labute approximate surface area is 233 Å². The molecule has 212 valence electrons. The highest BCUT2D eigenvalue weighted by atomic mass is 16.4. The summed E-state index contributed by atoms with van der Waals surface area (Å²) >= 11 is 0. The number of hydrogen-bond donors (Lipinski definition) is 6. The summed E-state index contributed by atoms with van der Waals surface area (Å²) in [4.78, 5) is 47.0. The van der Waals surface area contributed by atoms with Crippen LogP contribution in [-0.2, 0) is 14.4 Å². The van der Waals surface area contributed by atoms with Crippen molar-refractivity contribution >= 4 is 34.6 Å². The third-order valence-electron chi connectivity index (χ3n) is 6.67. The molecule has 4 amide bonds. The highest BCUT2D eigenvalue weighted by molar-refractivity contribution is 5.98. The van der Waals surface area contributed by atoms with Crippen molar-refractivity contribution in [3.8, 4) is 11.1 Å². The molecule has 2 atom stereocenters. The molecule has 0 saturated heterocycles. The van der Waals surface area contributed by atoms with Crippen molar-refractivity contribution < 1.29 is 24.3 Å². The molecule has 10 heteroatoms. The van der Waals surface area contributed by atoms with Gasteiger partial charge in [-0.15, -0.1) is 0 Å². The summed E-state index contributed by atoms with van der Waals surface area (Å²) in [5, 5.41) is 19.3. The van der Waals surface area contributed by atoms with Crippen LogP contribution in [0.5, 0.6) is 0 Å². The molecular formula is C30H37N5O5. The number of carboxylic acid groups (broad SMARTS) is 1. The molecule has 0 aliphatic heterocycles. The Hall–Kier alpha value is -4.44. The number of primary amides is 1. The van der Waals surface area contributed by atoms with E-state index in [1.807, 2.05) is 36.4 Å². The highest BCUT2D eigenvalue weighted by Gasteiger charge is 2.20. The van der Waals surface area contributed by atoms with Crippen LogP contribution in [-0.4, -0.2) is 48.1 Å². The summed E-state index contributed by atoms with van der Waals surface area (Å²) in [5.41, 5.74) is 14.8.